The van der Waals surface area contributed by atoms with E-state index in [4.69, 9.17) is 8.83 Å². The number of fused-ring (bicyclic) bond motifs is 2. The average molecular weight is 450 g/mol. The van der Waals surface area contributed by atoms with Crippen molar-refractivity contribution in [2.24, 2.45) is 0 Å². The molecule has 0 saturated heterocycles. The van der Waals surface area contributed by atoms with Gasteiger partial charge in [0.15, 0.2) is 24.1 Å². The molecule has 0 aliphatic rings. The second kappa shape index (κ2) is 7.15. The summed E-state index contributed by atoms with van der Waals surface area (Å²) in [5, 5.41) is 1.86. The second-order valence-corrected chi connectivity index (χ2v) is 6.37. The van der Waals surface area contributed by atoms with Crippen molar-refractivity contribution in [1.29, 1.82) is 0 Å². The van der Waals surface area contributed by atoms with Crippen LogP contribution in [0.2, 0.25) is 0 Å². The molecule has 0 atom stereocenters. The molecule has 2 aromatic heterocycles. The van der Waals surface area contributed by atoms with Gasteiger partial charge in [-0.3, -0.25) is 9.59 Å². The number of hydrogen-bond donors (Lipinski definition) is 0. The van der Waals surface area contributed by atoms with Gasteiger partial charge in [-0.1, -0.05) is 24.3 Å². The molecular formula is C18H10Br2O4. The fourth-order valence-electron chi connectivity index (χ4n) is 2.22. The average Bonchev–Trinajstić information content (AvgIpc) is 3.13. The van der Waals surface area contributed by atoms with Crippen LogP contribution in [0, 0.1) is 0 Å². The standard InChI is InChI=1S/2C9H5BrO2/c2*10-9-6-3-1-2-4-7(6)12-8(9)5-11/h2*1-5H. The smallest absolute Gasteiger partial charge is 0.186 e. The molecule has 0 N–H and O–H groups in total. The van der Waals surface area contributed by atoms with Crippen molar-refractivity contribution in [3.63, 3.8) is 0 Å². The summed E-state index contributed by atoms with van der Waals surface area (Å²) in [4.78, 5) is 20.9. The monoisotopic (exact) mass is 448 g/mol. The van der Waals surface area contributed by atoms with Crippen molar-refractivity contribution in [3.8, 4) is 0 Å². The van der Waals surface area contributed by atoms with Crippen molar-refractivity contribution in [2.45, 2.75) is 0 Å². The van der Waals surface area contributed by atoms with Gasteiger partial charge in [0.2, 0.25) is 0 Å². The molecule has 24 heavy (non-hydrogen) atoms. The van der Waals surface area contributed by atoms with Crippen LogP contribution in [-0.4, -0.2) is 12.6 Å². The summed E-state index contributed by atoms with van der Waals surface area (Å²) < 4.78 is 11.9. The molecule has 0 aliphatic heterocycles. The number of hydrogen-bond acceptors (Lipinski definition) is 4. The number of halogens is 2. The van der Waals surface area contributed by atoms with Gasteiger partial charge in [-0.15, -0.1) is 0 Å². The molecular weight excluding hydrogens is 440 g/mol. The summed E-state index contributed by atoms with van der Waals surface area (Å²) in [6.07, 6.45) is 1.40. The van der Waals surface area contributed by atoms with Crippen LogP contribution >= 0.6 is 31.9 Å². The van der Waals surface area contributed by atoms with E-state index >= 15 is 0 Å². The van der Waals surface area contributed by atoms with Gasteiger partial charge in [0, 0.05) is 10.8 Å². The van der Waals surface area contributed by atoms with Gasteiger partial charge in [-0.05, 0) is 56.1 Å². The maximum atomic E-state index is 10.5. The van der Waals surface area contributed by atoms with Crippen LogP contribution in [0.5, 0.6) is 0 Å². The van der Waals surface area contributed by atoms with Crippen LogP contribution in [0.15, 0.2) is 66.3 Å². The maximum absolute atomic E-state index is 10.5. The zero-order valence-electron chi connectivity index (χ0n) is 12.2. The van der Waals surface area contributed by atoms with E-state index in [1.54, 1.807) is 0 Å². The fraction of sp³-hybridized carbons (Fsp3) is 0. The Hall–Kier alpha value is -2.18. The first-order chi connectivity index (χ1) is 11.7. The van der Waals surface area contributed by atoms with E-state index in [2.05, 4.69) is 31.9 Å². The van der Waals surface area contributed by atoms with E-state index in [-0.39, 0.29) is 0 Å². The van der Waals surface area contributed by atoms with Crippen molar-refractivity contribution >= 4 is 66.4 Å². The molecule has 0 radical (unpaired) electrons. The van der Waals surface area contributed by atoms with Crippen LogP contribution in [0.3, 0.4) is 0 Å². The highest BCUT2D eigenvalue weighted by molar-refractivity contribution is 9.11. The third kappa shape index (κ3) is 3.07. The summed E-state index contributed by atoms with van der Waals surface area (Å²) in [6, 6.07) is 15.0. The first-order valence-corrected chi connectivity index (χ1v) is 8.48. The Morgan fingerprint density at radius 1 is 0.667 bits per heavy atom. The third-order valence-corrected chi connectivity index (χ3v) is 4.97. The van der Waals surface area contributed by atoms with Crippen LogP contribution in [0.25, 0.3) is 21.9 Å². The second-order valence-electron chi connectivity index (χ2n) is 4.79. The van der Waals surface area contributed by atoms with E-state index in [1.807, 2.05) is 48.5 Å². The zero-order valence-corrected chi connectivity index (χ0v) is 15.3. The third-order valence-electron chi connectivity index (χ3n) is 3.33. The van der Waals surface area contributed by atoms with E-state index in [0.717, 1.165) is 30.9 Å². The Kier molecular flexibility index (Phi) is 4.97. The number of para-hydroxylation sites is 2. The van der Waals surface area contributed by atoms with Crippen LogP contribution in [-0.2, 0) is 0 Å². The molecule has 120 valence electrons. The quantitative estimate of drug-likeness (QED) is 0.351. The Balaban J connectivity index is 0.000000141. The van der Waals surface area contributed by atoms with Crippen LogP contribution < -0.4 is 0 Å². The lowest BCUT2D eigenvalue weighted by Gasteiger charge is -1.83. The predicted octanol–water partition coefficient (Wildman–Crippen LogP) is 6.02. The lowest BCUT2D eigenvalue weighted by atomic mass is 10.2. The molecule has 0 unspecified atom stereocenters. The van der Waals surface area contributed by atoms with Crippen LogP contribution in [0.1, 0.15) is 21.1 Å². The molecule has 4 aromatic rings. The normalized spacial score (nSPS) is 10.4. The minimum absolute atomic E-state index is 0.344. The summed E-state index contributed by atoms with van der Waals surface area (Å²) in [7, 11) is 0. The zero-order chi connectivity index (χ0) is 17.1. The summed E-state index contributed by atoms with van der Waals surface area (Å²) in [5.41, 5.74) is 1.46. The molecule has 4 nitrogen and oxygen atoms in total. The summed E-state index contributed by atoms with van der Waals surface area (Å²) in [6.45, 7) is 0. The van der Waals surface area contributed by atoms with E-state index in [1.165, 1.54) is 0 Å². The predicted molar refractivity (Wildman–Crippen MR) is 98.6 cm³/mol. The topological polar surface area (TPSA) is 60.4 Å². The van der Waals surface area contributed by atoms with Gasteiger partial charge >= 0.3 is 0 Å². The number of carbonyl (C=O) groups excluding carboxylic acids is 2. The number of furan rings is 2. The molecule has 2 heterocycles. The summed E-state index contributed by atoms with van der Waals surface area (Å²) >= 11 is 6.57. The van der Waals surface area contributed by atoms with E-state index in [9.17, 15) is 9.59 Å². The van der Waals surface area contributed by atoms with Gasteiger partial charge in [-0.2, -0.15) is 0 Å². The lowest BCUT2D eigenvalue weighted by Crippen LogP contribution is -1.71. The van der Waals surface area contributed by atoms with Gasteiger partial charge in [0.1, 0.15) is 11.2 Å². The minimum Gasteiger partial charge on any atom is -0.452 e. The van der Waals surface area contributed by atoms with Crippen molar-refractivity contribution in [3.05, 3.63) is 69.0 Å². The molecule has 0 aliphatic carbocycles. The Bertz CT molecular complexity index is 946. The van der Waals surface area contributed by atoms with Crippen molar-refractivity contribution in [2.75, 3.05) is 0 Å². The Morgan fingerprint density at radius 2 is 1.04 bits per heavy atom. The number of aldehydes is 2. The Labute approximate surface area is 153 Å². The molecule has 0 fully saturated rings. The molecule has 0 amide bonds. The summed E-state index contributed by atoms with van der Waals surface area (Å²) in [5.74, 6) is 0.687. The largest absolute Gasteiger partial charge is 0.452 e. The number of benzene rings is 2. The molecule has 0 saturated carbocycles. The van der Waals surface area contributed by atoms with Crippen molar-refractivity contribution in [1.82, 2.24) is 0 Å². The van der Waals surface area contributed by atoms with Crippen LogP contribution in [0.4, 0.5) is 0 Å². The van der Waals surface area contributed by atoms with E-state index in [0.29, 0.717) is 24.1 Å². The molecule has 4 rings (SSSR count). The highest BCUT2D eigenvalue weighted by Crippen LogP contribution is 2.30. The highest BCUT2D eigenvalue weighted by atomic mass is 79.9. The molecule has 2 aromatic carbocycles. The van der Waals surface area contributed by atoms with E-state index < -0.39 is 0 Å². The molecule has 6 heteroatoms. The first-order valence-electron chi connectivity index (χ1n) is 6.90. The number of carbonyl (C=O) groups is 2. The highest BCUT2D eigenvalue weighted by Gasteiger charge is 2.09. The van der Waals surface area contributed by atoms with Gasteiger partial charge < -0.3 is 8.83 Å². The van der Waals surface area contributed by atoms with Gasteiger partial charge in [-0.25, -0.2) is 0 Å². The maximum Gasteiger partial charge on any atom is 0.186 e. The minimum atomic E-state index is 0.344. The first kappa shape index (κ1) is 16.7. The van der Waals surface area contributed by atoms with Crippen molar-refractivity contribution < 1.29 is 18.4 Å². The molecule has 0 bridgehead atoms. The van der Waals surface area contributed by atoms with Gasteiger partial charge in [0.25, 0.3) is 0 Å². The SMILES string of the molecule is O=Cc1oc2ccccc2c1Br.O=Cc1oc2ccccc2c1Br. The Morgan fingerprint density at radius 3 is 1.38 bits per heavy atom. The fourth-order valence-corrected chi connectivity index (χ4v) is 3.22. The molecule has 0 spiro atoms. The number of rotatable bonds is 2. The lowest BCUT2D eigenvalue weighted by molar-refractivity contribution is 0.109. The van der Waals surface area contributed by atoms with Gasteiger partial charge in [0.05, 0.1) is 8.95 Å².